The van der Waals surface area contributed by atoms with Gasteiger partial charge in [0.05, 0.1) is 16.9 Å². The highest BCUT2D eigenvalue weighted by Crippen LogP contribution is 2.35. The molecule has 116 valence electrons. The van der Waals surface area contributed by atoms with Gasteiger partial charge in [0.2, 0.25) is 0 Å². The highest BCUT2D eigenvalue weighted by Gasteiger charge is 2.38. The topological polar surface area (TPSA) is 60.4 Å². The van der Waals surface area contributed by atoms with Gasteiger partial charge in [-0.2, -0.15) is 0 Å². The Labute approximate surface area is 139 Å². The van der Waals surface area contributed by atoms with E-state index in [1.807, 2.05) is 31.2 Å². The van der Waals surface area contributed by atoms with E-state index in [2.05, 4.69) is 0 Å². The molecule has 22 heavy (non-hydrogen) atoms. The molecule has 0 spiro atoms. The summed E-state index contributed by atoms with van der Waals surface area (Å²) in [6.07, 6.45) is 1.73. The van der Waals surface area contributed by atoms with Crippen molar-refractivity contribution in [3.8, 4) is 0 Å². The number of aryl methyl sites for hydroxylation is 1. The number of thiocarbonyl (C=S) groups is 1. The quantitative estimate of drug-likeness (QED) is 0.622. The molecule has 1 aliphatic heterocycles. The molecule has 6 heteroatoms. The molecule has 1 atom stereocenters. The largest absolute Gasteiger partial charge is 0.548 e. The number of hydrogen-bond donors (Lipinski definition) is 0. The zero-order valence-corrected chi connectivity index (χ0v) is 14.2. The van der Waals surface area contributed by atoms with Crippen molar-refractivity contribution in [1.82, 2.24) is 4.90 Å². The predicted molar refractivity (Wildman–Crippen MR) is 89.8 cm³/mol. The van der Waals surface area contributed by atoms with E-state index < -0.39 is 12.0 Å². The van der Waals surface area contributed by atoms with Crippen LogP contribution in [0.25, 0.3) is 6.08 Å². The molecule has 0 bridgehead atoms. The SMILES string of the molecule is Cc1ccc(/C=C2\SC(=S)N([C@@H](C(=O)[O-])C(C)C)C2=O)cc1. The maximum absolute atomic E-state index is 12.5. The molecule has 2 rings (SSSR count). The average Bonchev–Trinajstić information content (AvgIpc) is 2.69. The number of carbonyl (C=O) groups excluding carboxylic acids is 2. The van der Waals surface area contributed by atoms with Crippen LogP contribution in [0.5, 0.6) is 0 Å². The minimum Gasteiger partial charge on any atom is -0.548 e. The normalized spacial score (nSPS) is 18.4. The summed E-state index contributed by atoms with van der Waals surface area (Å²) in [5.74, 6) is -1.95. The number of carboxylic acid groups (broad SMARTS) is 1. The first-order valence-electron chi connectivity index (χ1n) is 6.86. The van der Waals surface area contributed by atoms with E-state index >= 15 is 0 Å². The highest BCUT2D eigenvalue weighted by molar-refractivity contribution is 8.26. The Hall–Kier alpha value is -1.66. The lowest BCUT2D eigenvalue weighted by atomic mass is 10.0. The minimum absolute atomic E-state index is 0.256. The van der Waals surface area contributed by atoms with Crippen molar-refractivity contribution in [2.24, 2.45) is 5.92 Å². The molecule has 0 radical (unpaired) electrons. The molecule has 0 aromatic heterocycles. The Morgan fingerprint density at radius 3 is 2.41 bits per heavy atom. The third-order valence-corrected chi connectivity index (χ3v) is 4.68. The van der Waals surface area contributed by atoms with E-state index in [-0.39, 0.29) is 16.1 Å². The molecule has 1 aromatic carbocycles. The van der Waals surface area contributed by atoms with Gasteiger partial charge in [0.15, 0.2) is 0 Å². The molecule has 1 fully saturated rings. The average molecular weight is 334 g/mol. The van der Waals surface area contributed by atoms with Crippen LogP contribution >= 0.6 is 24.0 Å². The summed E-state index contributed by atoms with van der Waals surface area (Å²) in [4.78, 5) is 25.4. The Balaban J connectivity index is 2.32. The Morgan fingerprint density at radius 2 is 1.91 bits per heavy atom. The lowest BCUT2D eigenvalue weighted by Crippen LogP contribution is -2.52. The van der Waals surface area contributed by atoms with Crippen molar-refractivity contribution >= 4 is 46.3 Å². The minimum atomic E-state index is -1.29. The summed E-state index contributed by atoms with van der Waals surface area (Å²) >= 11 is 6.30. The van der Waals surface area contributed by atoms with E-state index in [9.17, 15) is 14.7 Å². The van der Waals surface area contributed by atoms with Gasteiger partial charge >= 0.3 is 0 Å². The van der Waals surface area contributed by atoms with Crippen LogP contribution < -0.4 is 5.11 Å². The molecule has 0 N–H and O–H groups in total. The van der Waals surface area contributed by atoms with Gasteiger partial charge < -0.3 is 9.90 Å². The van der Waals surface area contributed by atoms with E-state index in [0.717, 1.165) is 27.8 Å². The molecular formula is C16H16NO3S2-. The molecule has 0 aliphatic carbocycles. The van der Waals surface area contributed by atoms with Gasteiger partial charge in [-0.3, -0.25) is 9.69 Å². The third kappa shape index (κ3) is 3.39. The first-order valence-corrected chi connectivity index (χ1v) is 8.08. The van der Waals surface area contributed by atoms with Crippen LogP contribution in [-0.2, 0) is 9.59 Å². The van der Waals surface area contributed by atoms with Crippen LogP contribution in [0.15, 0.2) is 29.2 Å². The Morgan fingerprint density at radius 1 is 1.32 bits per heavy atom. The van der Waals surface area contributed by atoms with Crippen molar-refractivity contribution in [1.29, 1.82) is 0 Å². The highest BCUT2D eigenvalue weighted by atomic mass is 32.2. The van der Waals surface area contributed by atoms with Crippen LogP contribution in [0.1, 0.15) is 25.0 Å². The second kappa shape index (κ2) is 6.62. The van der Waals surface area contributed by atoms with Gasteiger partial charge in [-0.1, -0.05) is 67.7 Å². The molecule has 4 nitrogen and oxygen atoms in total. The number of thioether (sulfide) groups is 1. The van der Waals surface area contributed by atoms with E-state index in [4.69, 9.17) is 12.2 Å². The summed E-state index contributed by atoms with van der Waals surface area (Å²) in [7, 11) is 0. The lowest BCUT2D eigenvalue weighted by molar-refractivity contribution is -0.311. The smallest absolute Gasteiger partial charge is 0.266 e. The second-order valence-electron chi connectivity index (χ2n) is 5.47. The predicted octanol–water partition coefficient (Wildman–Crippen LogP) is 1.97. The van der Waals surface area contributed by atoms with Crippen molar-refractivity contribution in [2.75, 3.05) is 0 Å². The van der Waals surface area contributed by atoms with Gasteiger partial charge in [-0.05, 0) is 24.5 Å². The standard InChI is InChI=1S/C16H17NO3S2/c1-9(2)13(15(19)20)17-14(18)12(22-16(17)21)8-11-6-4-10(3)5-7-11/h4-9,13H,1-3H3,(H,19,20)/p-1/b12-8-/t13-/m1/s1. The number of nitrogens with zero attached hydrogens (tertiary/aromatic N) is 1. The summed E-state index contributed by atoms with van der Waals surface area (Å²) in [5.41, 5.74) is 2.00. The third-order valence-electron chi connectivity index (χ3n) is 3.35. The van der Waals surface area contributed by atoms with E-state index in [1.54, 1.807) is 19.9 Å². The van der Waals surface area contributed by atoms with Gasteiger partial charge in [0.1, 0.15) is 4.32 Å². The van der Waals surface area contributed by atoms with Crippen LogP contribution in [0.2, 0.25) is 0 Å². The summed E-state index contributed by atoms with van der Waals surface area (Å²) in [6.45, 7) is 5.43. The molecule has 1 aromatic rings. The lowest BCUT2D eigenvalue weighted by Gasteiger charge is -2.30. The zero-order chi connectivity index (χ0) is 16.4. The van der Waals surface area contributed by atoms with E-state index in [1.165, 1.54) is 0 Å². The Bertz CT molecular complexity index is 650. The van der Waals surface area contributed by atoms with Gasteiger partial charge in [-0.15, -0.1) is 0 Å². The van der Waals surface area contributed by atoms with Crippen LogP contribution in [-0.4, -0.2) is 27.1 Å². The maximum Gasteiger partial charge on any atom is 0.266 e. The number of carbonyl (C=O) groups is 2. The number of rotatable bonds is 4. The molecule has 1 heterocycles. The number of amides is 1. The van der Waals surface area contributed by atoms with Crippen LogP contribution in [0.3, 0.4) is 0 Å². The fraction of sp³-hybridized carbons (Fsp3) is 0.312. The Kier molecular flexibility index (Phi) is 5.03. The second-order valence-corrected chi connectivity index (χ2v) is 7.15. The number of hydrogen-bond acceptors (Lipinski definition) is 5. The van der Waals surface area contributed by atoms with E-state index in [0.29, 0.717) is 4.91 Å². The van der Waals surface area contributed by atoms with Crippen LogP contribution in [0.4, 0.5) is 0 Å². The fourth-order valence-corrected chi connectivity index (χ4v) is 3.54. The van der Waals surface area contributed by atoms with Crippen LogP contribution in [0, 0.1) is 12.8 Å². The first kappa shape index (κ1) is 16.7. The number of aliphatic carboxylic acids is 1. The monoisotopic (exact) mass is 334 g/mol. The van der Waals surface area contributed by atoms with Gasteiger partial charge in [-0.25, -0.2) is 0 Å². The molecular weight excluding hydrogens is 318 g/mol. The van der Waals surface area contributed by atoms with Gasteiger partial charge in [0, 0.05) is 0 Å². The van der Waals surface area contributed by atoms with Gasteiger partial charge in [0.25, 0.3) is 5.91 Å². The molecule has 1 aliphatic rings. The fourth-order valence-electron chi connectivity index (χ4n) is 2.21. The van der Waals surface area contributed by atoms with Crippen molar-refractivity contribution < 1.29 is 14.7 Å². The number of benzene rings is 1. The molecule has 0 saturated carbocycles. The van der Waals surface area contributed by atoms with Crippen molar-refractivity contribution in [2.45, 2.75) is 26.8 Å². The summed E-state index contributed by atoms with van der Waals surface area (Å²) in [5, 5.41) is 11.3. The number of carboxylic acids is 1. The maximum atomic E-state index is 12.5. The van der Waals surface area contributed by atoms with Crippen molar-refractivity contribution in [3.63, 3.8) is 0 Å². The molecule has 1 saturated heterocycles. The first-order chi connectivity index (χ1) is 10.3. The molecule has 0 unspecified atom stereocenters. The van der Waals surface area contributed by atoms with Crippen molar-refractivity contribution in [3.05, 3.63) is 40.3 Å². The summed E-state index contributed by atoms with van der Waals surface area (Å²) in [6, 6.07) is 6.66. The summed E-state index contributed by atoms with van der Waals surface area (Å²) < 4.78 is 0.256. The molecule has 1 amide bonds. The zero-order valence-electron chi connectivity index (χ0n) is 12.5.